The van der Waals surface area contributed by atoms with Crippen LogP contribution in [-0.2, 0) is 11.3 Å². The van der Waals surface area contributed by atoms with Gasteiger partial charge in [0.2, 0.25) is 0 Å². The van der Waals surface area contributed by atoms with Crippen molar-refractivity contribution in [1.29, 1.82) is 0 Å². The maximum absolute atomic E-state index is 11.8. The van der Waals surface area contributed by atoms with Crippen molar-refractivity contribution in [2.45, 2.75) is 29.8 Å². The Balaban J connectivity index is 1.44. The van der Waals surface area contributed by atoms with E-state index >= 15 is 0 Å². The monoisotopic (exact) mass is 633 g/mol. The van der Waals surface area contributed by atoms with Gasteiger partial charge in [0, 0.05) is 23.0 Å². The van der Waals surface area contributed by atoms with Crippen LogP contribution in [0.5, 0.6) is 5.75 Å². The summed E-state index contributed by atoms with van der Waals surface area (Å²) in [6, 6.07) is 25.3. The summed E-state index contributed by atoms with van der Waals surface area (Å²) in [7, 11) is 0. The summed E-state index contributed by atoms with van der Waals surface area (Å²) in [5, 5.41) is 12.4. The lowest BCUT2D eigenvalue weighted by Crippen LogP contribution is -2.44. The second-order valence-corrected chi connectivity index (χ2v) is 11.7. The van der Waals surface area contributed by atoms with E-state index in [1.54, 1.807) is 12.3 Å². The van der Waals surface area contributed by atoms with Gasteiger partial charge in [-0.1, -0.05) is 89.6 Å². The summed E-state index contributed by atoms with van der Waals surface area (Å²) in [6.07, 6.45) is 3.61. The van der Waals surface area contributed by atoms with Crippen LogP contribution in [0.1, 0.15) is 11.1 Å². The van der Waals surface area contributed by atoms with E-state index < -0.39 is 11.1 Å². The third-order valence-electron chi connectivity index (χ3n) is 7.18. The van der Waals surface area contributed by atoms with Crippen LogP contribution >= 0.6 is 35.0 Å². The van der Waals surface area contributed by atoms with Crippen molar-refractivity contribution in [3.8, 4) is 39.8 Å². The molecule has 5 aromatic rings. The maximum Gasteiger partial charge on any atom is 0.187 e. The predicted octanol–water partition coefficient (Wildman–Crippen LogP) is 7.49. The molecule has 0 radical (unpaired) electrons. The van der Waals surface area contributed by atoms with E-state index in [2.05, 4.69) is 9.88 Å². The zero-order chi connectivity index (χ0) is 29.9. The van der Waals surface area contributed by atoms with E-state index in [4.69, 9.17) is 42.6 Å². The average Bonchev–Trinajstić information content (AvgIpc) is 3.37. The van der Waals surface area contributed by atoms with Gasteiger partial charge in [-0.2, -0.15) is 4.73 Å². The van der Waals surface area contributed by atoms with E-state index in [9.17, 15) is 5.21 Å². The van der Waals surface area contributed by atoms with Crippen molar-refractivity contribution in [1.82, 2.24) is 19.7 Å². The van der Waals surface area contributed by atoms with Crippen LogP contribution in [0.15, 0.2) is 90.2 Å². The molecule has 1 N–H and O–H groups in total. The molecule has 11 heteroatoms. The number of morpholine rings is 1. The van der Waals surface area contributed by atoms with Crippen LogP contribution in [0.4, 0.5) is 5.69 Å². The number of nitrogens with zero attached hydrogens (tertiary/aromatic N) is 5. The SMILES string of the molecule is CSc1nccc(-c2nc(-c3cccc(N4CC(Cl)OC(Cl)C4)c3C)n(O)c2-c2cccc(OCc3ccccc3)c2)n1. The number of hydrogen-bond acceptors (Lipinski definition) is 8. The molecule has 2 unspecified atom stereocenters. The summed E-state index contributed by atoms with van der Waals surface area (Å²) in [6.45, 7) is 3.37. The van der Waals surface area contributed by atoms with Gasteiger partial charge < -0.3 is 19.6 Å². The standard InChI is InChI=1S/C32H29Cl2N5O3S/c1-20-24(12-7-13-26(20)38-17-27(33)42-28(34)18-38)31-37-29(25-14-15-35-32(36-25)43-2)30(39(31)40)22-10-6-11-23(16-22)41-19-21-8-4-3-5-9-21/h3-16,27-28,40H,17-19H2,1-2H3. The summed E-state index contributed by atoms with van der Waals surface area (Å²) in [5.41, 5.74) is 4.94. The molecular weight excluding hydrogens is 605 g/mol. The summed E-state index contributed by atoms with van der Waals surface area (Å²) in [5.74, 6) is 1.04. The summed E-state index contributed by atoms with van der Waals surface area (Å²) in [4.78, 5) is 16.1. The molecule has 0 spiro atoms. The molecule has 1 aliphatic heterocycles. The molecule has 3 aromatic carbocycles. The Hall–Kier alpha value is -3.76. The minimum Gasteiger partial charge on any atom is -0.489 e. The zero-order valence-corrected chi connectivity index (χ0v) is 25.9. The minimum atomic E-state index is -0.530. The lowest BCUT2D eigenvalue weighted by atomic mass is 10.0. The van der Waals surface area contributed by atoms with Crippen LogP contribution < -0.4 is 9.64 Å². The lowest BCUT2D eigenvalue weighted by Gasteiger charge is -2.35. The van der Waals surface area contributed by atoms with Crippen LogP contribution in [0.25, 0.3) is 34.0 Å². The molecule has 220 valence electrons. The van der Waals surface area contributed by atoms with Gasteiger partial charge >= 0.3 is 0 Å². The number of aromatic nitrogens is 4. The fourth-order valence-electron chi connectivity index (χ4n) is 5.14. The van der Waals surface area contributed by atoms with Gasteiger partial charge in [-0.3, -0.25) is 0 Å². The lowest BCUT2D eigenvalue weighted by molar-refractivity contribution is 0.0660. The van der Waals surface area contributed by atoms with Crippen molar-refractivity contribution in [3.63, 3.8) is 0 Å². The number of halogens is 2. The zero-order valence-electron chi connectivity index (χ0n) is 23.5. The minimum absolute atomic E-state index is 0.377. The molecule has 2 aromatic heterocycles. The highest BCUT2D eigenvalue weighted by molar-refractivity contribution is 7.98. The topological polar surface area (TPSA) is 85.5 Å². The molecule has 43 heavy (non-hydrogen) atoms. The molecule has 1 fully saturated rings. The molecule has 6 rings (SSSR count). The Labute approximate surface area is 264 Å². The van der Waals surface area contributed by atoms with Gasteiger partial charge in [-0.25, -0.2) is 15.0 Å². The molecule has 1 saturated heterocycles. The molecule has 2 atom stereocenters. The first-order valence-electron chi connectivity index (χ1n) is 13.7. The average molecular weight is 635 g/mol. The van der Waals surface area contributed by atoms with Gasteiger partial charge in [0.1, 0.15) is 23.7 Å². The smallest absolute Gasteiger partial charge is 0.187 e. The normalized spacial score (nSPS) is 16.8. The Morgan fingerprint density at radius 2 is 1.74 bits per heavy atom. The Morgan fingerprint density at radius 3 is 2.51 bits per heavy atom. The quantitative estimate of drug-likeness (QED) is 0.0814. The molecule has 0 bridgehead atoms. The third-order valence-corrected chi connectivity index (χ3v) is 8.22. The van der Waals surface area contributed by atoms with E-state index in [-0.39, 0.29) is 0 Å². The van der Waals surface area contributed by atoms with E-state index in [1.165, 1.54) is 11.8 Å². The third kappa shape index (κ3) is 6.31. The summed E-state index contributed by atoms with van der Waals surface area (Å²) < 4.78 is 12.7. The first kappa shape index (κ1) is 29.3. The van der Waals surface area contributed by atoms with Crippen molar-refractivity contribution in [2.75, 3.05) is 24.2 Å². The van der Waals surface area contributed by atoms with E-state index in [0.717, 1.165) is 32.7 Å². The first-order valence-corrected chi connectivity index (χ1v) is 15.8. The number of alkyl halides is 2. The Kier molecular flexibility index (Phi) is 8.76. The van der Waals surface area contributed by atoms with Crippen LogP contribution in [0.3, 0.4) is 0 Å². The fraction of sp³-hybridized carbons (Fsp3) is 0.219. The Morgan fingerprint density at radius 1 is 0.977 bits per heavy atom. The maximum atomic E-state index is 11.8. The highest BCUT2D eigenvalue weighted by Crippen LogP contribution is 2.39. The number of hydrogen-bond donors (Lipinski definition) is 1. The molecule has 0 saturated carbocycles. The number of imidazole rings is 1. The largest absolute Gasteiger partial charge is 0.489 e. The molecular formula is C32H29Cl2N5O3S. The van der Waals surface area contributed by atoms with E-state index in [1.807, 2.05) is 86.0 Å². The second-order valence-electron chi connectivity index (χ2n) is 9.99. The van der Waals surface area contributed by atoms with Crippen molar-refractivity contribution in [3.05, 3.63) is 96.2 Å². The number of ether oxygens (including phenoxy) is 2. The molecule has 3 heterocycles. The first-order chi connectivity index (χ1) is 20.9. The molecule has 0 aliphatic carbocycles. The van der Waals surface area contributed by atoms with Crippen molar-refractivity contribution < 1.29 is 14.7 Å². The van der Waals surface area contributed by atoms with Gasteiger partial charge in [0.15, 0.2) is 22.1 Å². The highest BCUT2D eigenvalue weighted by Gasteiger charge is 2.28. The Bertz CT molecular complexity index is 1730. The van der Waals surface area contributed by atoms with Gasteiger partial charge in [-0.15, -0.1) is 0 Å². The number of thioether (sulfide) groups is 1. The number of benzene rings is 3. The van der Waals surface area contributed by atoms with Crippen LogP contribution in [-0.4, -0.2) is 55.4 Å². The van der Waals surface area contributed by atoms with E-state index in [0.29, 0.717) is 53.5 Å². The number of rotatable bonds is 8. The molecule has 1 aliphatic rings. The summed E-state index contributed by atoms with van der Waals surface area (Å²) >= 11 is 14.1. The predicted molar refractivity (Wildman–Crippen MR) is 171 cm³/mol. The van der Waals surface area contributed by atoms with Gasteiger partial charge in [-0.05, 0) is 48.6 Å². The molecule has 0 amide bonds. The highest BCUT2D eigenvalue weighted by atomic mass is 35.5. The second kappa shape index (κ2) is 12.9. The van der Waals surface area contributed by atoms with Crippen molar-refractivity contribution in [2.24, 2.45) is 0 Å². The fourth-order valence-corrected chi connectivity index (χ4v) is 6.13. The van der Waals surface area contributed by atoms with Gasteiger partial charge in [0.05, 0.1) is 18.8 Å². The van der Waals surface area contributed by atoms with Crippen LogP contribution in [0, 0.1) is 6.92 Å². The van der Waals surface area contributed by atoms with Crippen LogP contribution in [0.2, 0.25) is 0 Å². The molecule has 8 nitrogen and oxygen atoms in total. The number of anilines is 1. The van der Waals surface area contributed by atoms with Crippen molar-refractivity contribution >= 4 is 40.7 Å². The van der Waals surface area contributed by atoms with Gasteiger partial charge in [0.25, 0.3) is 0 Å².